The number of imidazole rings is 1. The van der Waals surface area contributed by atoms with E-state index >= 15 is 47.9 Å². The lowest BCUT2D eigenvalue weighted by Crippen LogP contribution is -2.61. The Labute approximate surface area is 792 Å². The number of aromatic nitrogens is 4. The third-order valence-electron chi connectivity index (χ3n) is 25.3. The SMILES string of the molecule is CCCC[C@H]1C(=O)N(C)[C@@H](CCCC)C(=O)N[C@@H](CCC(=O)O)C(=O)C[C@H](C(=O)NCC(N)=O)CSCC(=O)N[C@@H](Cc2ccc(O)cc2)C(=O)N2CCCC[C@H]2C(=O)N[C@@H](CC(=O)O)C(=O)N2CCC[C@H]2C(=O)N[C@@H](Cc2cnc[nH]2)C(=O)C[C@@H](CCC(=O)O)C(=O)N2C[C@H](O)C[C@H]2C(=O)N[C@@H](Cc2c[nH]c3ccccc23)C(=O)N[C@@H](CO)C(=O)N[C@@H](Cc2c[nH]c3ccccc23)C(=O)N1C. The van der Waals surface area contributed by atoms with Crippen LogP contribution in [0.1, 0.15) is 158 Å². The van der Waals surface area contributed by atoms with Gasteiger partial charge in [0.2, 0.25) is 82.7 Å². The van der Waals surface area contributed by atoms with Gasteiger partial charge in [-0.2, -0.15) is 11.8 Å². The second-order valence-corrected chi connectivity index (χ2v) is 36.2. The first-order valence-electron chi connectivity index (χ1n) is 46.0. The fourth-order valence-electron chi connectivity index (χ4n) is 17.9. The van der Waals surface area contributed by atoms with E-state index in [1.54, 1.807) is 67.8 Å². The number of H-pyrrole nitrogens is 3. The normalized spacial score (nSPS) is 25.1. The van der Waals surface area contributed by atoms with E-state index in [1.807, 2.05) is 6.92 Å². The number of ketones is 2. The molecular formula is C93H122N18O25S. The number of benzene rings is 3. The Kier molecular flexibility index (Phi) is 38.7. The molecule has 19 N–H and O–H groups in total. The number of carboxylic acid groups (broad SMARTS) is 3. The number of likely N-dealkylation sites (N-methyl/N-ethyl adjacent to an activating group) is 2. The number of piperidine rings is 1. The van der Waals surface area contributed by atoms with Gasteiger partial charge in [0.25, 0.3) is 0 Å². The minimum Gasteiger partial charge on any atom is -0.508 e. The number of phenolic OH excluding ortho intramolecular Hbond substituents is 1. The lowest BCUT2D eigenvalue weighted by Gasteiger charge is -2.38. The molecule has 7 heterocycles. The zero-order valence-electron chi connectivity index (χ0n) is 76.7. The number of aliphatic hydroxyl groups excluding tert-OH is 2. The summed E-state index contributed by atoms with van der Waals surface area (Å²) in [5.41, 5.74) is 8.17. The summed E-state index contributed by atoms with van der Waals surface area (Å²) in [6.45, 7) is 0.821. The van der Waals surface area contributed by atoms with Crippen molar-refractivity contribution in [2.45, 2.75) is 240 Å². The maximum Gasteiger partial charge on any atom is 0.305 e. The lowest BCUT2D eigenvalue weighted by molar-refractivity contribution is -0.149. The number of nitrogens with one attached hydrogen (secondary N) is 11. The van der Waals surface area contributed by atoms with Crippen molar-refractivity contribution in [2.24, 2.45) is 17.6 Å². The first-order valence-corrected chi connectivity index (χ1v) is 47.2. The van der Waals surface area contributed by atoms with E-state index in [0.717, 1.165) is 36.3 Å². The number of carboxylic acids is 3. The molecule has 740 valence electrons. The van der Waals surface area contributed by atoms with Gasteiger partial charge >= 0.3 is 17.9 Å². The fourth-order valence-corrected chi connectivity index (χ4v) is 18.8. The van der Waals surface area contributed by atoms with E-state index in [0.29, 0.717) is 64.2 Å². The molecule has 137 heavy (non-hydrogen) atoms. The molecule has 44 heteroatoms. The molecule has 0 radical (unpaired) electrons. The number of aromatic amines is 3. The van der Waals surface area contributed by atoms with Crippen LogP contribution in [0.5, 0.6) is 5.75 Å². The van der Waals surface area contributed by atoms with Gasteiger partial charge in [0.1, 0.15) is 66.2 Å². The number of rotatable bonds is 26. The van der Waals surface area contributed by atoms with Crippen LogP contribution in [-0.4, -0.2) is 324 Å². The number of carbonyl (C=O) groups excluding carboxylic acids is 16. The van der Waals surface area contributed by atoms with Crippen molar-refractivity contribution in [3.63, 3.8) is 0 Å². The Hall–Kier alpha value is -13.7. The molecule has 0 saturated carbocycles. The van der Waals surface area contributed by atoms with Crippen molar-refractivity contribution in [1.82, 2.24) is 87.0 Å². The van der Waals surface area contributed by atoms with Crippen LogP contribution in [0, 0.1) is 11.8 Å². The molecule has 4 saturated heterocycles. The van der Waals surface area contributed by atoms with E-state index in [9.17, 15) is 73.8 Å². The number of unbranched alkanes of at least 4 members (excludes halogenated alkanes) is 2. The van der Waals surface area contributed by atoms with Crippen LogP contribution in [0.2, 0.25) is 0 Å². The topological polar surface area (TPSA) is 644 Å². The number of thioether (sulfide) groups is 1. The zero-order valence-corrected chi connectivity index (χ0v) is 77.5. The highest BCUT2D eigenvalue weighted by molar-refractivity contribution is 7.99. The Morgan fingerprint density at radius 3 is 1.66 bits per heavy atom. The summed E-state index contributed by atoms with van der Waals surface area (Å²) in [5, 5.41) is 85.5. The van der Waals surface area contributed by atoms with Gasteiger partial charge in [-0.1, -0.05) is 88.1 Å². The van der Waals surface area contributed by atoms with Crippen LogP contribution >= 0.6 is 11.8 Å². The van der Waals surface area contributed by atoms with Crippen LogP contribution in [0.4, 0.5) is 0 Å². The van der Waals surface area contributed by atoms with Crippen LogP contribution < -0.4 is 48.3 Å². The molecule has 43 nitrogen and oxygen atoms in total. The van der Waals surface area contributed by atoms with Gasteiger partial charge in [-0.3, -0.25) is 91.1 Å². The lowest BCUT2D eigenvalue weighted by atomic mass is 9.91. The summed E-state index contributed by atoms with van der Waals surface area (Å²) in [4.78, 5) is 294. The molecule has 0 spiro atoms. The minimum absolute atomic E-state index is 0.0540. The van der Waals surface area contributed by atoms with Gasteiger partial charge in [-0.05, 0) is 98.7 Å². The molecule has 15 atom stereocenters. The van der Waals surface area contributed by atoms with Crippen LogP contribution in [-0.2, 0) is 117 Å². The quantitative estimate of drug-likeness (QED) is 0.0334. The summed E-state index contributed by atoms with van der Waals surface area (Å²) in [6.07, 6.45) is -0.910. The smallest absolute Gasteiger partial charge is 0.305 e. The van der Waals surface area contributed by atoms with Crippen LogP contribution in [0.3, 0.4) is 0 Å². The zero-order chi connectivity index (χ0) is 99.4. The minimum atomic E-state index is -1.95. The summed E-state index contributed by atoms with van der Waals surface area (Å²) >= 11 is 0.768. The van der Waals surface area contributed by atoms with Gasteiger partial charge in [-0.25, -0.2) is 4.98 Å². The van der Waals surface area contributed by atoms with Crippen molar-refractivity contribution in [3.05, 3.63) is 120 Å². The molecule has 10 rings (SSSR count). The Bertz CT molecular complexity index is 5360. The van der Waals surface area contributed by atoms with Crippen molar-refractivity contribution in [3.8, 4) is 5.75 Å². The molecule has 14 amide bonds. The number of hydrogen-bond donors (Lipinski definition) is 18. The number of amides is 14. The van der Waals surface area contributed by atoms with E-state index in [4.69, 9.17) is 5.73 Å². The first-order chi connectivity index (χ1) is 65.4. The van der Waals surface area contributed by atoms with E-state index in [1.165, 1.54) is 50.9 Å². The molecule has 0 aliphatic carbocycles. The Morgan fingerprint density at radius 2 is 1.05 bits per heavy atom. The first kappa shape index (κ1) is 105. The van der Waals surface area contributed by atoms with Gasteiger partial charge in [0.15, 0.2) is 11.6 Å². The largest absolute Gasteiger partial charge is 0.508 e. The molecule has 0 unspecified atom stereocenters. The number of nitrogens with two attached hydrogens (primary N) is 1. The number of aliphatic hydroxyl groups is 2. The number of aliphatic carboxylic acids is 3. The number of nitrogens with zero attached hydrogens (tertiary/aromatic N) is 6. The standard InChI is InChI=1S/C93H122N18O25S/c1-5-7-20-70-85(128)101-63(29-31-80(121)122)75(115)38-55(82(125)98-45-77(94)117)48-137-49-78(118)100-66(34-51-24-27-57(113)28-25-51)91(134)109-32-14-13-22-71(109)87(130)105-68(41-81(123)124)92(135)110-33-15-23-72(110)86(129)102-64(39-56-44-95-50-99-56)76(116)37-52(26-30-79(119)120)89(132)111-46-58(114)40-74(111)88(131)103-65(35-53-42-96-61-18-11-9-16-59(53)61)83(126)106-69(47-112)84(127)104-67(36-54-43-97-62-19-12-10-17-60(54)62)90(133)108(4)73(21-8-6-2)93(136)107(70)3/h9-12,16-19,24-25,27-28,42-44,50,52,55,58,63-74,96-97,112-114H,5-8,13-15,20-23,26,29-41,45-49H2,1-4H3,(H2,94,117)(H,95,99)(H,98,125)(H,100,118)(H,101,128)(H,102,129)(H,103,131)(H,104,127)(H,105,130)(H,106,126)(H,119,120)(H,121,122)(H,123,124)/t52-,55+,58-,63+,64+,65+,66+,67+,68+,69+,70+,71+,72+,73+,74+/m1/s1. The molecular weight excluding hydrogens is 1800 g/mol. The fraction of sp³-hybridized carbons (Fsp3) is 0.527. The molecule has 6 aromatic rings. The molecule has 0 bridgehead atoms. The number of para-hydroxylation sites is 2. The average molecular weight is 1920 g/mol. The van der Waals surface area contributed by atoms with E-state index in [-0.39, 0.29) is 95.2 Å². The number of primary amides is 1. The van der Waals surface area contributed by atoms with Crippen molar-refractivity contribution in [1.29, 1.82) is 0 Å². The third-order valence-corrected chi connectivity index (χ3v) is 26.4. The Balaban J connectivity index is 1.03. The number of Topliss-reactive ketones (excluding diaryl/α,β-unsaturated/α-hetero) is 2. The molecule has 4 aliphatic rings. The second-order valence-electron chi connectivity index (χ2n) is 35.2. The number of hydrogen-bond acceptors (Lipinski definition) is 24. The maximum absolute atomic E-state index is 15.7. The predicted molar refractivity (Wildman–Crippen MR) is 493 cm³/mol. The highest BCUT2D eigenvalue weighted by Crippen LogP contribution is 2.31. The summed E-state index contributed by atoms with van der Waals surface area (Å²) in [5.74, 6) is -24.2. The highest BCUT2D eigenvalue weighted by atomic mass is 32.2. The van der Waals surface area contributed by atoms with Gasteiger partial charge in [-0.15, -0.1) is 0 Å². The molecule has 3 aromatic carbocycles. The third kappa shape index (κ3) is 29.0. The van der Waals surface area contributed by atoms with Crippen molar-refractivity contribution >= 4 is 146 Å². The number of phenols is 1. The Morgan fingerprint density at radius 1 is 0.518 bits per heavy atom. The van der Waals surface area contributed by atoms with Gasteiger partial charge < -0.3 is 118 Å². The molecule has 4 fully saturated rings. The highest BCUT2D eigenvalue weighted by Gasteiger charge is 2.48. The summed E-state index contributed by atoms with van der Waals surface area (Å²) in [7, 11) is 2.59. The van der Waals surface area contributed by atoms with Crippen LogP contribution in [0.15, 0.2) is 97.7 Å². The second kappa shape index (κ2) is 50.3. The van der Waals surface area contributed by atoms with E-state index in [2.05, 4.69) is 62.5 Å². The predicted octanol–water partition coefficient (Wildman–Crippen LogP) is -0.194. The summed E-state index contributed by atoms with van der Waals surface area (Å²) < 4.78 is 0. The number of fused-ring (bicyclic) bond motifs is 5. The van der Waals surface area contributed by atoms with E-state index < -0.39 is 285 Å². The van der Waals surface area contributed by atoms with Crippen molar-refractivity contribution in [2.75, 3.05) is 58.4 Å². The van der Waals surface area contributed by atoms with Crippen LogP contribution in [0.25, 0.3) is 21.8 Å². The molecule has 3 aromatic heterocycles. The maximum atomic E-state index is 15.7. The average Bonchev–Trinajstić information content (AvgIpc) is 1.68. The van der Waals surface area contributed by atoms with Gasteiger partial charge in [0.05, 0.1) is 55.8 Å². The van der Waals surface area contributed by atoms with Gasteiger partial charge in [0, 0.05) is 149 Å². The summed E-state index contributed by atoms with van der Waals surface area (Å²) in [6, 6.07) is -0.166. The molecule has 4 aliphatic heterocycles. The number of carbonyl (C=O) groups is 19. The van der Waals surface area contributed by atoms with Crippen molar-refractivity contribution < 1.29 is 122 Å². The number of aromatic hydroxyl groups is 1. The monoisotopic (exact) mass is 1920 g/mol.